The number of ether oxygens (including phenoxy) is 1. The number of carbonyl (C=O) groups is 3. The third-order valence-corrected chi connectivity index (χ3v) is 13.6. The van der Waals surface area contributed by atoms with Crippen molar-refractivity contribution in [3.8, 4) is 0 Å². The number of nitro benzene ring substituents is 1. The van der Waals surface area contributed by atoms with Crippen LogP contribution in [0.25, 0.3) is 0 Å². The summed E-state index contributed by atoms with van der Waals surface area (Å²) in [5, 5.41) is 23.2. The van der Waals surface area contributed by atoms with Crippen LogP contribution in [0.3, 0.4) is 0 Å². The number of thioether (sulfide) groups is 1. The standard InChI is InChI=1S/C26H37N3O8SSi/c1-15-20-19(16(2)37-39(6,7)26(3,4)5)23(30)28(20)21(24(31)32)22(15)38-13-12-27-25(33)36-14-17-8-10-18(11-9-17)29(34)35/h8-11,15-16,19-20H,12-14H2,1-7H3,(H,27,33)(H,31,32)/t15-,16-,19-,20-/m1/s1. The summed E-state index contributed by atoms with van der Waals surface area (Å²) in [6.07, 6.45) is -0.981. The minimum Gasteiger partial charge on any atom is -0.477 e. The van der Waals surface area contributed by atoms with Crippen molar-refractivity contribution >= 4 is 43.7 Å². The molecule has 2 aliphatic heterocycles. The highest BCUT2D eigenvalue weighted by Gasteiger charge is 2.61. The number of nitro groups is 1. The number of carboxylic acid groups (broad SMARTS) is 1. The zero-order valence-electron chi connectivity index (χ0n) is 23.3. The van der Waals surface area contributed by atoms with Gasteiger partial charge in [0.15, 0.2) is 8.32 Å². The average molecular weight is 580 g/mol. The molecule has 0 unspecified atom stereocenters. The zero-order chi connectivity index (χ0) is 29.3. The Labute approximate surface area is 233 Å². The number of β-lactam (4-membered cyclic amide) rings is 1. The fourth-order valence-corrected chi connectivity index (χ4v) is 7.22. The lowest BCUT2D eigenvalue weighted by Crippen LogP contribution is -2.65. The molecule has 0 aliphatic carbocycles. The second kappa shape index (κ2) is 11.7. The number of rotatable bonds is 11. The molecular formula is C26H37N3O8SSi. The Morgan fingerprint density at radius 1 is 1.26 bits per heavy atom. The largest absolute Gasteiger partial charge is 0.477 e. The van der Waals surface area contributed by atoms with Crippen LogP contribution in [0.15, 0.2) is 34.9 Å². The molecule has 13 heteroatoms. The number of aliphatic carboxylic acids is 1. The minimum absolute atomic E-state index is 0.0130. The first kappa shape index (κ1) is 30.6. The van der Waals surface area contributed by atoms with Crippen LogP contribution in [0.5, 0.6) is 0 Å². The van der Waals surface area contributed by atoms with E-state index in [-0.39, 0.29) is 53.5 Å². The smallest absolute Gasteiger partial charge is 0.407 e. The van der Waals surface area contributed by atoms with E-state index in [9.17, 15) is 29.6 Å². The average Bonchev–Trinajstić information content (AvgIpc) is 3.08. The predicted octanol–water partition coefficient (Wildman–Crippen LogP) is 4.74. The van der Waals surface area contributed by atoms with Crippen LogP contribution in [-0.4, -0.2) is 65.7 Å². The monoisotopic (exact) mass is 579 g/mol. The number of non-ortho nitro benzene ring substituents is 1. The van der Waals surface area contributed by atoms with Crippen molar-refractivity contribution in [3.63, 3.8) is 0 Å². The Morgan fingerprint density at radius 2 is 1.87 bits per heavy atom. The number of carbonyl (C=O) groups excluding carboxylic acids is 2. The molecule has 1 fully saturated rings. The predicted molar refractivity (Wildman–Crippen MR) is 149 cm³/mol. The molecule has 39 heavy (non-hydrogen) atoms. The van der Waals surface area contributed by atoms with Crippen LogP contribution in [0.4, 0.5) is 10.5 Å². The Balaban J connectivity index is 1.55. The van der Waals surface area contributed by atoms with Crippen molar-refractivity contribution in [2.75, 3.05) is 12.3 Å². The molecule has 0 radical (unpaired) electrons. The summed E-state index contributed by atoms with van der Waals surface area (Å²) < 4.78 is 11.6. The number of nitrogens with zero attached hydrogens (tertiary/aromatic N) is 2. The van der Waals surface area contributed by atoms with E-state index in [0.29, 0.717) is 16.2 Å². The molecule has 1 aromatic carbocycles. The number of benzene rings is 1. The number of hydrogen-bond acceptors (Lipinski definition) is 8. The molecule has 214 valence electrons. The van der Waals surface area contributed by atoms with Gasteiger partial charge in [0.05, 0.1) is 23.0 Å². The van der Waals surface area contributed by atoms with Crippen LogP contribution in [0, 0.1) is 22.0 Å². The molecular weight excluding hydrogens is 542 g/mol. The van der Waals surface area contributed by atoms with Gasteiger partial charge >= 0.3 is 12.1 Å². The lowest BCUT2D eigenvalue weighted by atomic mass is 9.79. The van der Waals surface area contributed by atoms with Crippen LogP contribution in [0.1, 0.15) is 40.2 Å². The van der Waals surface area contributed by atoms with E-state index < -0.39 is 31.2 Å². The van der Waals surface area contributed by atoms with E-state index in [1.807, 2.05) is 13.8 Å². The van der Waals surface area contributed by atoms with Gasteiger partial charge in [-0.15, -0.1) is 11.8 Å². The minimum atomic E-state index is -2.12. The summed E-state index contributed by atoms with van der Waals surface area (Å²) in [6.45, 7) is 14.7. The van der Waals surface area contributed by atoms with Gasteiger partial charge in [0.2, 0.25) is 5.91 Å². The number of nitrogens with one attached hydrogen (secondary N) is 1. The van der Waals surface area contributed by atoms with Crippen LogP contribution in [0.2, 0.25) is 18.1 Å². The number of alkyl carbamates (subject to hydrolysis) is 1. The normalized spacial score (nSPS) is 21.8. The maximum atomic E-state index is 13.1. The molecule has 11 nitrogen and oxygen atoms in total. The summed E-state index contributed by atoms with van der Waals surface area (Å²) in [5.41, 5.74) is 0.572. The van der Waals surface area contributed by atoms with Gasteiger partial charge in [-0.05, 0) is 42.8 Å². The number of amides is 2. The summed E-state index contributed by atoms with van der Waals surface area (Å²) >= 11 is 1.31. The van der Waals surface area contributed by atoms with E-state index in [2.05, 4.69) is 39.2 Å². The van der Waals surface area contributed by atoms with Crippen molar-refractivity contribution in [1.82, 2.24) is 10.2 Å². The zero-order valence-corrected chi connectivity index (χ0v) is 25.2. The molecule has 0 aromatic heterocycles. The highest BCUT2D eigenvalue weighted by molar-refractivity contribution is 8.03. The second-order valence-electron chi connectivity index (χ2n) is 11.4. The van der Waals surface area contributed by atoms with Gasteiger partial charge in [0.25, 0.3) is 5.69 Å². The second-order valence-corrected chi connectivity index (χ2v) is 17.3. The van der Waals surface area contributed by atoms with E-state index in [4.69, 9.17) is 9.16 Å². The molecule has 4 atom stereocenters. The Bertz CT molecular complexity index is 1160. The van der Waals surface area contributed by atoms with Gasteiger partial charge in [-0.3, -0.25) is 14.9 Å². The van der Waals surface area contributed by atoms with E-state index in [1.165, 1.54) is 40.9 Å². The van der Waals surface area contributed by atoms with E-state index >= 15 is 0 Å². The summed E-state index contributed by atoms with van der Waals surface area (Å²) in [5.74, 6) is -1.57. The third kappa shape index (κ3) is 6.47. The van der Waals surface area contributed by atoms with Gasteiger partial charge in [0, 0.05) is 35.3 Å². The van der Waals surface area contributed by atoms with Gasteiger partial charge in [0.1, 0.15) is 12.3 Å². The molecule has 0 saturated carbocycles. The summed E-state index contributed by atoms with van der Waals surface area (Å²) in [4.78, 5) is 49.6. The fourth-order valence-electron chi connectivity index (χ4n) is 4.64. The van der Waals surface area contributed by atoms with E-state index in [0.717, 1.165) is 0 Å². The fraction of sp³-hybridized carbons (Fsp3) is 0.577. The van der Waals surface area contributed by atoms with E-state index in [1.54, 1.807) is 0 Å². The van der Waals surface area contributed by atoms with Crippen molar-refractivity contribution < 1.29 is 33.6 Å². The Kier molecular flexibility index (Phi) is 9.18. The number of hydrogen-bond donors (Lipinski definition) is 2. The summed E-state index contributed by atoms with van der Waals surface area (Å²) in [7, 11) is -2.12. The molecule has 2 N–H and O–H groups in total. The first-order chi connectivity index (χ1) is 18.1. The van der Waals surface area contributed by atoms with Crippen molar-refractivity contribution in [1.29, 1.82) is 0 Å². The maximum Gasteiger partial charge on any atom is 0.407 e. The van der Waals surface area contributed by atoms with Gasteiger partial charge in [-0.25, -0.2) is 9.59 Å². The third-order valence-electron chi connectivity index (χ3n) is 7.73. The highest BCUT2D eigenvalue weighted by atomic mass is 32.2. The molecule has 0 bridgehead atoms. The van der Waals surface area contributed by atoms with Gasteiger partial charge < -0.3 is 24.5 Å². The molecule has 2 aliphatic rings. The van der Waals surface area contributed by atoms with Crippen molar-refractivity contribution in [2.45, 2.75) is 71.5 Å². The number of fused-ring (bicyclic) bond motifs is 1. The van der Waals surface area contributed by atoms with Crippen molar-refractivity contribution in [2.24, 2.45) is 11.8 Å². The van der Waals surface area contributed by atoms with Gasteiger partial charge in [-0.2, -0.15) is 0 Å². The maximum absolute atomic E-state index is 13.1. The molecule has 3 rings (SSSR count). The Hall–Kier alpha value is -2.90. The summed E-state index contributed by atoms with van der Waals surface area (Å²) in [6, 6.07) is 5.42. The van der Waals surface area contributed by atoms with Gasteiger partial charge in [-0.1, -0.05) is 27.7 Å². The lowest BCUT2D eigenvalue weighted by Gasteiger charge is -2.50. The molecule has 1 saturated heterocycles. The molecule has 2 amide bonds. The van der Waals surface area contributed by atoms with Crippen molar-refractivity contribution in [3.05, 3.63) is 50.5 Å². The lowest BCUT2D eigenvalue weighted by molar-refractivity contribution is -0.384. The Morgan fingerprint density at radius 3 is 2.41 bits per heavy atom. The first-order valence-electron chi connectivity index (χ1n) is 12.8. The molecule has 2 heterocycles. The highest BCUT2D eigenvalue weighted by Crippen LogP contribution is 2.51. The number of carboxylic acids is 1. The SMILES string of the molecule is C[C@@H](O[Si](C)(C)C(C)(C)C)[C@H]1C(=O)N2C(C(=O)O)=C(SCCNC(=O)OCc3ccc([N+](=O)[O-])cc3)[C@H](C)[C@H]12. The molecule has 1 aromatic rings. The van der Waals surface area contributed by atoms with Crippen LogP contribution in [-0.2, 0) is 25.4 Å². The topological polar surface area (TPSA) is 148 Å². The van der Waals surface area contributed by atoms with Crippen LogP contribution >= 0.6 is 11.8 Å². The molecule has 0 spiro atoms. The quantitative estimate of drug-likeness (QED) is 0.125. The van der Waals surface area contributed by atoms with Crippen LogP contribution < -0.4 is 5.32 Å². The first-order valence-corrected chi connectivity index (χ1v) is 16.7.